The summed E-state index contributed by atoms with van der Waals surface area (Å²) in [6.07, 6.45) is 7.33. The Morgan fingerprint density at radius 1 is 1.30 bits per heavy atom. The van der Waals surface area contributed by atoms with Gasteiger partial charge in [-0.1, -0.05) is 18.6 Å². The molecule has 1 N–H and O–H groups in total. The van der Waals surface area contributed by atoms with Crippen molar-refractivity contribution >= 4 is 23.2 Å². The molecule has 2 aliphatic rings. The third-order valence-electron chi connectivity index (χ3n) is 4.38. The molecule has 1 aromatic rings. The standard InChI is InChI=1S/C15H19NO.2ClH.Zr/c1-10-4-2-7-13(15(10)17)9-16-14-11-5-3-6-12(14)8-11;;;/h2,4,7,9,11-12,14,17H,3,5-6,8H2,1H3;2*1H;/q;;;+2/p-2. The monoisotopic (exact) mass is 389 g/mol. The fraction of sp³-hybridized carbons (Fsp3) is 0.533. The fourth-order valence-corrected chi connectivity index (χ4v) is 3.27. The van der Waals surface area contributed by atoms with E-state index in [0.717, 1.165) is 23.0 Å². The van der Waals surface area contributed by atoms with Crippen molar-refractivity contribution in [3.8, 4) is 5.75 Å². The van der Waals surface area contributed by atoms with Gasteiger partial charge in [-0.2, -0.15) is 0 Å². The second-order valence-electron chi connectivity index (χ2n) is 5.54. The van der Waals surface area contributed by atoms with Crippen LogP contribution in [0.5, 0.6) is 5.75 Å². The summed E-state index contributed by atoms with van der Waals surface area (Å²) >= 11 is -0.826. The number of aliphatic imine (C=N–C) groups is 1. The number of hydrogen-bond acceptors (Lipinski definition) is 2. The van der Waals surface area contributed by atoms with E-state index in [0.29, 0.717) is 11.8 Å². The Bertz CT molecular complexity index is 467. The number of aromatic hydroxyl groups is 1. The number of hydrogen-bond donors (Lipinski definition) is 1. The summed E-state index contributed by atoms with van der Waals surface area (Å²) < 4.78 is 0. The van der Waals surface area contributed by atoms with Crippen molar-refractivity contribution in [1.29, 1.82) is 0 Å². The van der Waals surface area contributed by atoms with E-state index in [9.17, 15) is 5.11 Å². The number of phenols is 1. The molecule has 2 saturated carbocycles. The summed E-state index contributed by atoms with van der Waals surface area (Å²) in [5.41, 5.74) is 1.78. The Hall–Kier alpha value is 0.153. The molecule has 2 fully saturated rings. The molecule has 2 aliphatic carbocycles. The average Bonchev–Trinajstić information content (AvgIpc) is 2.45. The SMILES string of the molecule is Cc1cccc(C=NC2C3CCCC2C3)c1O.[Cl][Zr][Cl]. The first-order valence-electron chi connectivity index (χ1n) is 6.95. The number of aryl methyl sites for hydroxylation is 1. The number of halogens is 2. The molecule has 2 atom stereocenters. The maximum absolute atomic E-state index is 9.91. The summed E-state index contributed by atoms with van der Waals surface area (Å²) in [5.74, 6) is 2.01. The molecule has 0 spiro atoms. The van der Waals surface area contributed by atoms with Crippen LogP contribution in [0.1, 0.15) is 36.8 Å². The second kappa shape index (κ2) is 7.96. The average molecular weight is 391 g/mol. The minimum absolute atomic E-state index is 0.376. The molecule has 108 valence electrons. The summed E-state index contributed by atoms with van der Waals surface area (Å²) in [6.45, 7) is 1.92. The van der Waals surface area contributed by atoms with E-state index >= 15 is 0 Å². The molecule has 0 aromatic heterocycles. The Morgan fingerprint density at radius 2 is 1.95 bits per heavy atom. The van der Waals surface area contributed by atoms with Crippen LogP contribution in [0.25, 0.3) is 0 Å². The minimum atomic E-state index is -0.826. The molecule has 20 heavy (non-hydrogen) atoms. The molecular formula is C15H19Cl2NOZr. The summed E-state index contributed by atoms with van der Waals surface area (Å²) in [5, 5.41) is 9.91. The number of benzene rings is 1. The van der Waals surface area contributed by atoms with E-state index in [-0.39, 0.29) is 0 Å². The molecule has 0 aliphatic heterocycles. The van der Waals surface area contributed by atoms with Crippen molar-refractivity contribution in [2.75, 3.05) is 0 Å². The quantitative estimate of drug-likeness (QED) is 0.730. The Morgan fingerprint density at radius 3 is 2.55 bits per heavy atom. The molecule has 0 heterocycles. The summed E-state index contributed by atoms with van der Waals surface area (Å²) in [7, 11) is 9.87. The van der Waals surface area contributed by atoms with Gasteiger partial charge >= 0.3 is 37.9 Å². The van der Waals surface area contributed by atoms with E-state index in [1.54, 1.807) is 0 Å². The van der Waals surface area contributed by atoms with Gasteiger partial charge in [0.2, 0.25) is 0 Å². The van der Waals surface area contributed by atoms with Crippen molar-refractivity contribution in [3.05, 3.63) is 29.3 Å². The van der Waals surface area contributed by atoms with Crippen LogP contribution in [0, 0.1) is 18.8 Å². The van der Waals surface area contributed by atoms with Crippen molar-refractivity contribution in [3.63, 3.8) is 0 Å². The van der Waals surface area contributed by atoms with Gasteiger partial charge in [-0.15, -0.1) is 0 Å². The van der Waals surface area contributed by atoms with Gasteiger partial charge in [-0.25, -0.2) is 0 Å². The molecule has 2 bridgehead atoms. The molecule has 1 aromatic carbocycles. The van der Waals surface area contributed by atoms with Gasteiger partial charge in [0.15, 0.2) is 0 Å². The third-order valence-corrected chi connectivity index (χ3v) is 4.38. The first-order valence-corrected chi connectivity index (χ1v) is 13.3. The molecule has 0 amide bonds. The van der Waals surface area contributed by atoms with Gasteiger partial charge in [0.05, 0.1) is 6.04 Å². The maximum atomic E-state index is 9.91. The second-order valence-corrected chi connectivity index (χ2v) is 9.27. The number of rotatable bonds is 2. The van der Waals surface area contributed by atoms with Crippen LogP contribution in [0.15, 0.2) is 23.2 Å². The molecular weight excluding hydrogens is 372 g/mol. The van der Waals surface area contributed by atoms with Crippen molar-refractivity contribution in [2.45, 2.75) is 38.6 Å². The number of para-hydroxylation sites is 1. The predicted molar refractivity (Wildman–Crippen MR) is 81.4 cm³/mol. The Balaban J connectivity index is 0.000000452. The van der Waals surface area contributed by atoms with Crippen LogP contribution in [-0.2, 0) is 20.8 Å². The van der Waals surface area contributed by atoms with Crippen molar-refractivity contribution < 1.29 is 26.0 Å². The zero-order valence-corrected chi connectivity index (χ0v) is 15.5. The normalized spacial score (nSPS) is 27.4. The van der Waals surface area contributed by atoms with Crippen LogP contribution >= 0.6 is 17.0 Å². The number of fused-ring (bicyclic) bond motifs is 2. The Labute approximate surface area is 139 Å². The zero-order chi connectivity index (χ0) is 14.5. The third kappa shape index (κ3) is 3.87. The van der Waals surface area contributed by atoms with E-state index in [4.69, 9.17) is 22.0 Å². The zero-order valence-electron chi connectivity index (χ0n) is 11.5. The molecule has 0 saturated heterocycles. The van der Waals surface area contributed by atoms with Crippen molar-refractivity contribution in [1.82, 2.24) is 0 Å². The first kappa shape index (κ1) is 16.5. The van der Waals surface area contributed by atoms with Crippen LogP contribution in [0.3, 0.4) is 0 Å². The number of nitrogens with zero attached hydrogens (tertiary/aromatic N) is 1. The Kier molecular flexibility index (Phi) is 6.58. The summed E-state index contributed by atoms with van der Waals surface area (Å²) in [6, 6.07) is 6.35. The van der Waals surface area contributed by atoms with E-state index in [1.165, 1.54) is 25.7 Å². The van der Waals surface area contributed by atoms with Crippen LogP contribution in [-0.4, -0.2) is 17.4 Å². The van der Waals surface area contributed by atoms with Crippen LogP contribution < -0.4 is 0 Å². The summed E-state index contributed by atoms with van der Waals surface area (Å²) in [4.78, 5) is 4.70. The van der Waals surface area contributed by atoms with E-state index < -0.39 is 20.8 Å². The van der Waals surface area contributed by atoms with Gasteiger partial charge in [0, 0.05) is 11.8 Å². The fourth-order valence-electron chi connectivity index (χ4n) is 3.27. The topological polar surface area (TPSA) is 32.6 Å². The van der Waals surface area contributed by atoms with Gasteiger partial charge in [-0.05, 0) is 49.7 Å². The van der Waals surface area contributed by atoms with Crippen LogP contribution in [0.4, 0.5) is 0 Å². The molecule has 2 nitrogen and oxygen atoms in total. The van der Waals surface area contributed by atoms with Gasteiger partial charge in [0.1, 0.15) is 5.75 Å². The molecule has 2 unspecified atom stereocenters. The number of phenolic OH excluding ortho intramolecular Hbond substituents is 1. The predicted octanol–water partition coefficient (Wildman–Crippen LogP) is 4.68. The molecule has 0 radical (unpaired) electrons. The van der Waals surface area contributed by atoms with E-state index in [1.807, 2.05) is 31.3 Å². The first-order chi connectivity index (χ1) is 9.67. The molecule has 5 heteroatoms. The van der Waals surface area contributed by atoms with Gasteiger partial charge in [0.25, 0.3) is 0 Å². The van der Waals surface area contributed by atoms with E-state index in [2.05, 4.69) is 0 Å². The van der Waals surface area contributed by atoms with Gasteiger partial charge in [-0.3, -0.25) is 4.99 Å². The molecule has 3 rings (SSSR count). The van der Waals surface area contributed by atoms with Crippen LogP contribution in [0.2, 0.25) is 0 Å². The van der Waals surface area contributed by atoms with Crippen molar-refractivity contribution in [2.24, 2.45) is 16.8 Å². The van der Waals surface area contributed by atoms with Gasteiger partial charge < -0.3 is 5.11 Å².